The van der Waals surface area contributed by atoms with Crippen molar-refractivity contribution in [3.05, 3.63) is 27.0 Å². The summed E-state index contributed by atoms with van der Waals surface area (Å²) in [6, 6.07) is 3.17. The van der Waals surface area contributed by atoms with E-state index in [-0.39, 0.29) is 0 Å². The smallest absolute Gasteiger partial charge is 0.0173 e. The molecule has 0 bridgehead atoms. The van der Waals surface area contributed by atoms with Crippen LogP contribution in [0.15, 0.2) is 11.6 Å². The van der Waals surface area contributed by atoms with E-state index in [1.165, 1.54) is 60.3 Å². The van der Waals surface area contributed by atoms with Crippen LogP contribution in [0.4, 0.5) is 0 Å². The second kappa shape index (κ2) is 6.44. The van der Waals surface area contributed by atoms with Gasteiger partial charge in [-0.3, -0.25) is 0 Å². The minimum absolute atomic E-state index is 0.812. The van der Waals surface area contributed by atoms with Gasteiger partial charge in [-0.2, -0.15) is 0 Å². The van der Waals surface area contributed by atoms with Gasteiger partial charge in [0.05, 0.1) is 0 Å². The molecule has 0 atom stereocenters. The molecule has 1 N–H and O–H groups in total. The van der Waals surface area contributed by atoms with Crippen LogP contribution in [-0.2, 0) is 0 Å². The number of rotatable bonds is 5. The third-order valence-electron chi connectivity index (χ3n) is 4.72. The van der Waals surface area contributed by atoms with Crippen LogP contribution in [0.3, 0.4) is 0 Å². The second-order valence-corrected chi connectivity index (χ2v) is 8.04. The van der Waals surface area contributed by atoms with E-state index in [1.54, 1.807) is 5.57 Å². The summed E-state index contributed by atoms with van der Waals surface area (Å²) < 4.78 is 0. The van der Waals surface area contributed by atoms with Crippen molar-refractivity contribution in [2.45, 2.75) is 64.8 Å². The lowest BCUT2D eigenvalue weighted by molar-refractivity contribution is 0.396. The Morgan fingerprint density at radius 2 is 1.95 bits per heavy atom. The summed E-state index contributed by atoms with van der Waals surface area (Å²) in [6.07, 6.45) is 12.4. The molecule has 0 aliphatic heterocycles. The summed E-state index contributed by atoms with van der Waals surface area (Å²) in [5.41, 5.74) is 3.13. The molecule has 0 radical (unpaired) electrons. The molecule has 0 saturated heterocycles. The van der Waals surface area contributed by atoms with E-state index in [4.69, 9.17) is 0 Å². The van der Waals surface area contributed by atoms with Crippen molar-refractivity contribution < 1.29 is 0 Å². The minimum atomic E-state index is 0.812. The Hall–Kier alpha value is -0.600. The zero-order chi connectivity index (χ0) is 13.9. The molecule has 0 unspecified atom stereocenters. The van der Waals surface area contributed by atoms with E-state index in [0.29, 0.717) is 0 Å². The molecular weight excluding hydrogens is 262 g/mol. The Morgan fingerprint density at radius 3 is 2.55 bits per heavy atom. The van der Waals surface area contributed by atoms with Gasteiger partial charge >= 0.3 is 0 Å². The Kier molecular flexibility index (Phi) is 4.62. The zero-order valence-electron chi connectivity index (χ0n) is 12.9. The van der Waals surface area contributed by atoms with Crippen LogP contribution in [0.5, 0.6) is 0 Å². The zero-order valence-corrected chi connectivity index (χ0v) is 13.7. The van der Waals surface area contributed by atoms with E-state index in [0.717, 1.165) is 18.5 Å². The Morgan fingerprint density at radius 1 is 1.20 bits per heavy atom. The molecule has 2 saturated carbocycles. The molecule has 110 valence electrons. The van der Waals surface area contributed by atoms with Gasteiger partial charge in [-0.1, -0.05) is 30.9 Å². The van der Waals surface area contributed by atoms with Gasteiger partial charge in [0.15, 0.2) is 0 Å². The van der Waals surface area contributed by atoms with Gasteiger partial charge in [0.1, 0.15) is 0 Å². The van der Waals surface area contributed by atoms with Crippen molar-refractivity contribution in [2.24, 2.45) is 5.92 Å². The first-order chi connectivity index (χ1) is 9.72. The molecule has 2 aliphatic carbocycles. The van der Waals surface area contributed by atoms with Gasteiger partial charge in [-0.15, -0.1) is 11.3 Å². The first kappa shape index (κ1) is 14.3. The molecule has 20 heavy (non-hydrogen) atoms. The number of hydrogen-bond acceptors (Lipinski definition) is 2. The highest BCUT2D eigenvalue weighted by Crippen LogP contribution is 2.33. The lowest BCUT2D eigenvalue weighted by atomic mass is 9.83. The maximum absolute atomic E-state index is 3.74. The van der Waals surface area contributed by atoms with Gasteiger partial charge in [-0.25, -0.2) is 0 Å². The first-order valence-electron chi connectivity index (χ1n) is 8.23. The van der Waals surface area contributed by atoms with Crippen molar-refractivity contribution in [1.29, 1.82) is 0 Å². The molecule has 1 heterocycles. The second-order valence-electron chi connectivity index (χ2n) is 6.58. The maximum Gasteiger partial charge on any atom is 0.0173 e. The van der Waals surface area contributed by atoms with E-state index in [2.05, 4.69) is 31.3 Å². The summed E-state index contributed by atoms with van der Waals surface area (Å²) in [5.74, 6) is 0.828. The molecule has 3 rings (SSSR count). The molecule has 2 aliphatic rings. The van der Waals surface area contributed by atoms with Gasteiger partial charge in [0.25, 0.3) is 0 Å². The predicted octanol–water partition coefficient (Wildman–Crippen LogP) is 5.08. The van der Waals surface area contributed by atoms with Crippen LogP contribution < -0.4 is 5.32 Å². The summed E-state index contributed by atoms with van der Waals surface area (Å²) in [4.78, 5) is 2.91. The van der Waals surface area contributed by atoms with Crippen molar-refractivity contribution in [3.8, 4) is 0 Å². The van der Waals surface area contributed by atoms with Crippen LogP contribution >= 0.6 is 11.3 Å². The fourth-order valence-corrected chi connectivity index (χ4v) is 4.23. The highest BCUT2D eigenvalue weighted by molar-refractivity contribution is 7.12. The highest BCUT2D eigenvalue weighted by atomic mass is 32.1. The molecule has 2 heteroatoms. The highest BCUT2D eigenvalue weighted by Gasteiger charge is 2.23. The molecule has 1 aromatic rings. The standard InChI is InChI=1S/C18H27NS/c1-13-10-16(14(2)20-13)11-17(12-19-18-8-9-18)15-6-4-3-5-7-15/h10-11,15,18-19H,3-9,12H2,1-2H3/b17-11-. The van der Waals surface area contributed by atoms with E-state index in [9.17, 15) is 0 Å². The molecule has 1 nitrogen and oxygen atoms in total. The average molecular weight is 289 g/mol. The number of hydrogen-bond donors (Lipinski definition) is 1. The van der Waals surface area contributed by atoms with Gasteiger partial charge in [0.2, 0.25) is 0 Å². The van der Waals surface area contributed by atoms with Crippen molar-refractivity contribution in [1.82, 2.24) is 5.32 Å². The van der Waals surface area contributed by atoms with Gasteiger partial charge in [0, 0.05) is 22.3 Å². The van der Waals surface area contributed by atoms with Crippen LogP contribution in [0.2, 0.25) is 0 Å². The normalized spacial score (nSPS) is 21.4. The lowest BCUT2D eigenvalue weighted by Gasteiger charge is -2.25. The minimum Gasteiger partial charge on any atom is -0.310 e. The Labute approximate surface area is 127 Å². The van der Waals surface area contributed by atoms with Gasteiger partial charge < -0.3 is 5.32 Å². The first-order valence-corrected chi connectivity index (χ1v) is 9.05. The molecular formula is C18H27NS. The van der Waals surface area contributed by atoms with E-state index < -0.39 is 0 Å². The third kappa shape index (κ3) is 3.73. The summed E-state index contributed by atoms with van der Waals surface area (Å²) in [5, 5.41) is 3.74. The van der Waals surface area contributed by atoms with Crippen LogP contribution in [-0.4, -0.2) is 12.6 Å². The molecule has 2 fully saturated rings. The van der Waals surface area contributed by atoms with E-state index in [1.807, 2.05) is 11.3 Å². The fraction of sp³-hybridized carbons (Fsp3) is 0.667. The Balaban J connectivity index is 1.76. The Bertz CT molecular complexity index is 476. The number of nitrogens with one attached hydrogen (secondary N) is 1. The topological polar surface area (TPSA) is 12.0 Å². The molecule has 1 aromatic heterocycles. The van der Waals surface area contributed by atoms with Crippen LogP contribution in [0.25, 0.3) is 6.08 Å². The summed E-state index contributed by atoms with van der Waals surface area (Å²) >= 11 is 1.93. The number of thiophene rings is 1. The maximum atomic E-state index is 3.74. The lowest BCUT2D eigenvalue weighted by Crippen LogP contribution is -2.24. The number of aryl methyl sites for hydroxylation is 2. The van der Waals surface area contributed by atoms with Crippen LogP contribution in [0.1, 0.15) is 60.3 Å². The van der Waals surface area contributed by atoms with Crippen LogP contribution in [0, 0.1) is 19.8 Å². The third-order valence-corrected chi connectivity index (χ3v) is 5.70. The molecule has 0 amide bonds. The summed E-state index contributed by atoms with van der Waals surface area (Å²) in [7, 11) is 0. The predicted molar refractivity (Wildman–Crippen MR) is 89.4 cm³/mol. The quantitative estimate of drug-likeness (QED) is 0.797. The van der Waals surface area contributed by atoms with Crippen molar-refractivity contribution >= 4 is 17.4 Å². The molecule has 0 aromatic carbocycles. The monoisotopic (exact) mass is 289 g/mol. The fourth-order valence-electron chi connectivity index (χ4n) is 3.33. The summed E-state index contributed by atoms with van der Waals surface area (Å²) in [6.45, 7) is 5.59. The van der Waals surface area contributed by atoms with Crippen molar-refractivity contribution in [3.63, 3.8) is 0 Å². The van der Waals surface area contributed by atoms with Gasteiger partial charge in [-0.05, 0) is 57.1 Å². The SMILES string of the molecule is Cc1cc(/C=C(/CNC2CC2)C2CCCCC2)c(C)s1. The molecule has 0 spiro atoms. The van der Waals surface area contributed by atoms with Crippen molar-refractivity contribution in [2.75, 3.05) is 6.54 Å². The average Bonchev–Trinajstić information content (AvgIpc) is 3.21. The van der Waals surface area contributed by atoms with E-state index >= 15 is 0 Å². The largest absolute Gasteiger partial charge is 0.310 e.